The fraction of sp³-hybridized carbons (Fsp3) is 0.500. The average molecular weight is 329 g/mol. The molecular weight excluding hydrogens is 306 g/mol. The summed E-state index contributed by atoms with van der Waals surface area (Å²) in [6.45, 7) is 7.38. The molecule has 3 rings (SSSR count). The number of fused-ring (bicyclic) bond motifs is 1. The van der Waals surface area contributed by atoms with Crippen LogP contribution in [0.4, 0.5) is 0 Å². The van der Waals surface area contributed by atoms with E-state index in [1.807, 2.05) is 37.8 Å². The number of aromatic nitrogens is 2. The second kappa shape index (κ2) is 6.73. The predicted octanol–water partition coefficient (Wildman–Crippen LogP) is 1.73. The molecule has 6 nitrogen and oxygen atoms in total. The number of carbonyl (C=O) groups excluding carboxylic acids is 1. The molecule has 2 heterocycles. The molecule has 0 spiro atoms. The molecule has 0 saturated carbocycles. The zero-order valence-electron chi connectivity index (χ0n) is 14.4. The first-order valence-electron chi connectivity index (χ1n) is 8.33. The minimum atomic E-state index is -0.0973. The predicted molar refractivity (Wildman–Crippen MR) is 91.9 cm³/mol. The topological polar surface area (TPSA) is 64.4 Å². The van der Waals surface area contributed by atoms with E-state index in [0.29, 0.717) is 25.1 Å². The standard InChI is InChI=1S/C18H23N3O3/c1-12-5-4-6-15-17(12)19-11-20(18(15)23)8-7-16(22)21-9-14(3)24-10-13(21)2/h4-6,11,13-14H,7-10H2,1-3H3/t13-,14-/m1/s1. The Kier molecular flexibility index (Phi) is 4.66. The third kappa shape index (κ3) is 3.19. The Hall–Kier alpha value is -2.21. The van der Waals surface area contributed by atoms with Gasteiger partial charge < -0.3 is 9.64 Å². The van der Waals surface area contributed by atoms with E-state index in [-0.39, 0.29) is 30.0 Å². The van der Waals surface area contributed by atoms with Crippen molar-refractivity contribution in [1.82, 2.24) is 14.5 Å². The molecule has 0 unspecified atom stereocenters. The number of ether oxygens (including phenoxy) is 1. The number of hydrogen-bond acceptors (Lipinski definition) is 4. The van der Waals surface area contributed by atoms with Crippen LogP contribution in [-0.2, 0) is 16.1 Å². The molecule has 1 aliphatic heterocycles. The van der Waals surface area contributed by atoms with E-state index in [1.165, 1.54) is 10.9 Å². The van der Waals surface area contributed by atoms with E-state index in [4.69, 9.17) is 4.74 Å². The van der Waals surface area contributed by atoms with E-state index in [2.05, 4.69) is 4.98 Å². The first-order chi connectivity index (χ1) is 11.5. The third-order valence-electron chi connectivity index (χ3n) is 4.55. The molecule has 0 radical (unpaired) electrons. The summed E-state index contributed by atoms with van der Waals surface area (Å²) in [4.78, 5) is 31.3. The van der Waals surface area contributed by atoms with Crippen LogP contribution in [0.2, 0.25) is 0 Å². The van der Waals surface area contributed by atoms with Crippen molar-refractivity contribution in [2.24, 2.45) is 0 Å². The van der Waals surface area contributed by atoms with Gasteiger partial charge in [0.1, 0.15) is 0 Å². The lowest BCUT2D eigenvalue weighted by Crippen LogP contribution is -2.50. The highest BCUT2D eigenvalue weighted by Crippen LogP contribution is 2.14. The molecular formula is C18H23N3O3. The summed E-state index contributed by atoms with van der Waals surface area (Å²) in [5, 5.41) is 0.596. The molecule has 1 aromatic heterocycles. The number of para-hydroxylation sites is 1. The summed E-state index contributed by atoms with van der Waals surface area (Å²) in [6.07, 6.45) is 1.88. The van der Waals surface area contributed by atoms with Gasteiger partial charge in [-0.1, -0.05) is 12.1 Å². The first kappa shape index (κ1) is 16.6. The van der Waals surface area contributed by atoms with Crippen molar-refractivity contribution in [2.75, 3.05) is 13.2 Å². The summed E-state index contributed by atoms with van der Waals surface area (Å²) >= 11 is 0. The molecule has 1 fully saturated rings. The number of aryl methyl sites for hydroxylation is 2. The van der Waals surface area contributed by atoms with Crippen LogP contribution in [0.5, 0.6) is 0 Å². The van der Waals surface area contributed by atoms with Gasteiger partial charge in [0, 0.05) is 19.5 Å². The molecule has 6 heteroatoms. The Balaban J connectivity index is 1.75. The SMILES string of the molecule is Cc1cccc2c(=O)n(CCC(=O)N3C[C@@H](C)OC[C@H]3C)cnc12. The lowest BCUT2D eigenvalue weighted by molar-refractivity contribution is -0.143. The number of carbonyl (C=O) groups is 1. The average Bonchev–Trinajstić information content (AvgIpc) is 2.57. The highest BCUT2D eigenvalue weighted by atomic mass is 16.5. The monoisotopic (exact) mass is 329 g/mol. The normalized spacial score (nSPS) is 21.2. The van der Waals surface area contributed by atoms with Gasteiger partial charge in [-0.25, -0.2) is 4.98 Å². The van der Waals surface area contributed by atoms with Crippen LogP contribution >= 0.6 is 0 Å². The molecule has 0 aliphatic carbocycles. The maximum atomic E-state index is 12.6. The van der Waals surface area contributed by atoms with Crippen molar-refractivity contribution < 1.29 is 9.53 Å². The van der Waals surface area contributed by atoms with Crippen molar-refractivity contribution >= 4 is 16.8 Å². The summed E-state index contributed by atoms with van der Waals surface area (Å²) in [5.74, 6) is 0.0499. The quantitative estimate of drug-likeness (QED) is 0.860. The van der Waals surface area contributed by atoms with Crippen LogP contribution in [0.1, 0.15) is 25.8 Å². The van der Waals surface area contributed by atoms with Gasteiger partial charge in [-0.2, -0.15) is 0 Å². The Morgan fingerprint density at radius 2 is 2.17 bits per heavy atom. The van der Waals surface area contributed by atoms with Gasteiger partial charge >= 0.3 is 0 Å². The lowest BCUT2D eigenvalue weighted by Gasteiger charge is -2.36. The molecule has 2 aromatic rings. The van der Waals surface area contributed by atoms with E-state index >= 15 is 0 Å². The van der Waals surface area contributed by atoms with Gasteiger partial charge in [0.2, 0.25) is 5.91 Å². The molecule has 1 saturated heterocycles. The van der Waals surface area contributed by atoms with Gasteiger partial charge in [-0.15, -0.1) is 0 Å². The number of hydrogen-bond donors (Lipinski definition) is 0. The van der Waals surface area contributed by atoms with Crippen LogP contribution in [0, 0.1) is 6.92 Å². The fourth-order valence-electron chi connectivity index (χ4n) is 3.11. The van der Waals surface area contributed by atoms with Crippen LogP contribution in [0.3, 0.4) is 0 Å². The lowest BCUT2D eigenvalue weighted by atomic mass is 10.1. The highest BCUT2D eigenvalue weighted by Gasteiger charge is 2.27. The van der Waals surface area contributed by atoms with Crippen molar-refractivity contribution in [3.63, 3.8) is 0 Å². The summed E-state index contributed by atoms with van der Waals surface area (Å²) < 4.78 is 7.07. The smallest absolute Gasteiger partial charge is 0.261 e. The van der Waals surface area contributed by atoms with Crippen LogP contribution in [0.15, 0.2) is 29.3 Å². The second-order valence-corrected chi connectivity index (χ2v) is 6.50. The minimum absolute atomic E-state index is 0.0499. The Bertz CT molecular complexity index is 815. The summed E-state index contributed by atoms with van der Waals surface area (Å²) in [7, 11) is 0. The Morgan fingerprint density at radius 1 is 1.38 bits per heavy atom. The van der Waals surface area contributed by atoms with Crippen molar-refractivity contribution in [2.45, 2.75) is 45.9 Å². The van der Waals surface area contributed by atoms with E-state index in [1.54, 1.807) is 6.07 Å². The maximum Gasteiger partial charge on any atom is 0.261 e. The number of amides is 1. The second-order valence-electron chi connectivity index (χ2n) is 6.50. The summed E-state index contributed by atoms with van der Waals surface area (Å²) in [5.41, 5.74) is 1.60. The van der Waals surface area contributed by atoms with Crippen molar-refractivity contribution in [3.8, 4) is 0 Å². The molecule has 2 atom stereocenters. The van der Waals surface area contributed by atoms with Crippen LogP contribution in [0.25, 0.3) is 10.9 Å². The van der Waals surface area contributed by atoms with E-state index in [9.17, 15) is 9.59 Å². The van der Waals surface area contributed by atoms with Gasteiger partial charge in [0.05, 0.1) is 36.0 Å². The Morgan fingerprint density at radius 3 is 2.96 bits per heavy atom. The number of rotatable bonds is 3. The van der Waals surface area contributed by atoms with Gasteiger partial charge in [0.25, 0.3) is 5.56 Å². The van der Waals surface area contributed by atoms with Gasteiger partial charge in [-0.3, -0.25) is 14.2 Å². The minimum Gasteiger partial charge on any atom is -0.375 e. The van der Waals surface area contributed by atoms with E-state index in [0.717, 1.165) is 11.1 Å². The molecule has 0 N–H and O–H groups in total. The molecule has 1 aromatic carbocycles. The van der Waals surface area contributed by atoms with Gasteiger partial charge in [-0.05, 0) is 32.4 Å². The zero-order chi connectivity index (χ0) is 17.3. The molecule has 0 bridgehead atoms. The maximum absolute atomic E-state index is 12.6. The number of nitrogens with zero attached hydrogens (tertiary/aromatic N) is 3. The van der Waals surface area contributed by atoms with E-state index < -0.39 is 0 Å². The molecule has 1 aliphatic rings. The third-order valence-corrected chi connectivity index (χ3v) is 4.55. The Labute approximate surface area is 141 Å². The van der Waals surface area contributed by atoms with Crippen molar-refractivity contribution in [3.05, 3.63) is 40.4 Å². The number of benzene rings is 1. The number of morpholine rings is 1. The van der Waals surface area contributed by atoms with Crippen LogP contribution < -0.4 is 5.56 Å². The molecule has 24 heavy (non-hydrogen) atoms. The highest BCUT2D eigenvalue weighted by molar-refractivity contribution is 5.80. The van der Waals surface area contributed by atoms with Crippen LogP contribution in [-0.4, -0.2) is 45.7 Å². The van der Waals surface area contributed by atoms with Gasteiger partial charge in [0.15, 0.2) is 0 Å². The molecule has 128 valence electrons. The van der Waals surface area contributed by atoms with Crippen molar-refractivity contribution in [1.29, 1.82) is 0 Å². The fourth-order valence-corrected chi connectivity index (χ4v) is 3.11. The summed E-state index contributed by atoms with van der Waals surface area (Å²) in [6, 6.07) is 5.64. The largest absolute Gasteiger partial charge is 0.375 e. The molecule has 1 amide bonds. The first-order valence-corrected chi connectivity index (χ1v) is 8.33. The zero-order valence-corrected chi connectivity index (χ0v) is 14.4.